The molecule has 0 radical (unpaired) electrons. The lowest BCUT2D eigenvalue weighted by molar-refractivity contribution is 0.0922. The van der Waals surface area contributed by atoms with E-state index < -0.39 is 0 Å². The topological polar surface area (TPSA) is 72.2 Å². The summed E-state index contributed by atoms with van der Waals surface area (Å²) in [6.07, 6.45) is 2.97. The summed E-state index contributed by atoms with van der Waals surface area (Å²) in [6.45, 7) is 1.79. The first-order chi connectivity index (χ1) is 8.75. The predicted molar refractivity (Wildman–Crippen MR) is 68.4 cm³/mol. The molecule has 0 fully saturated rings. The van der Waals surface area contributed by atoms with Gasteiger partial charge in [0, 0.05) is 5.71 Å². The van der Waals surface area contributed by atoms with E-state index in [-0.39, 0.29) is 12.3 Å². The molecule has 0 spiro atoms. The zero-order valence-electron chi connectivity index (χ0n) is 9.95. The number of benzene rings is 1. The maximum absolute atomic E-state index is 11.7. The number of aromatic nitrogens is 3. The molecule has 0 atom stereocenters. The Morgan fingerprint density at radius 1 is 1.28 bits per heavy atom. The molecular formula is C12H13N5O. The molecule has 0 bridgehead atoms. The van der Waals surface area contributed by atoms with Gasteiger partial charge >= 0.3 is 0 Å². The van der Waals surface area contributed by atoms with E-state index in [0.29, 0.717) is 5.71 Å². The Labute approximate surface area is 104 Å². The van der Waals surface area contributed by atoms with Gasteiger partial charge in [0.1, 0.15) is 12.7 Å². The van der Waals surface area contributed by atoms with E-state index in [1.165, 1.54) is 17.2 Å². The van der Waals surface area contributed by atoms with Crippen LogP contribution in [0.4, 0.5) is 5.69 Å². The second kappa shape index (κ2) is 5.72. The monoisotopic (exact) mass is 243 g/mol. The van der Waals surface area contributed by atoms with Crippen LogP contribution in [0.3, 0.4) is 0 Å². The SMILES string of the molecule is CC(CC(=O)n1cnnc1)=NNc1ccccc1. The third kappa shape index (κ3) is 3.24. The second-order valence-corrected chi connectivity index (χ2v) is 3.76. The van der Waals surface area contributed by atoms with Gasteiger partial charge in [-0.15, -0.1) is 10.2 Å². The fourth-order valence-electron chi connectivity index (χ4n) is 1.35. The van der Waals surface area contributed by atoms with E-state index in [9.17, 15) is 4.79 Å². The number of carbonyl (C=O) groups excluding carboxylic acids is 1. The Balaban J connectivity index is 1.92. The average Bonchev–Trinajstić information content (AvgIpc) is 2.91. The summed E-state index contributed by atoms with van der Waals surface area (Å²) in [5.74, 6) is -0.115. The highest BCUT2D eigenvalue weighted by Crippen LogP contribution is 2.05. The smallest absolute Gasteiger partial charge is 0.238 e. The normalized spacial score (nSPS) is 11.3. The highest BCUT2D eigenvalue weighted by molar-refractivity contribution is 6.00. The lowest BCUT2D eigenvalue weighted by Gasteiger charge is -2.02. The largest absolute Gasteiger partial charge is 0.279 e. The molecular weight excluding hydrogens is 230 g/mol. The summed E-state index contributed by atoms with van der Waals surface area (Å²) in [5, 5.41) is 11.3. The van der Waals surface area contributed by atoms with Crippen molar-refractivity contribution in [3.63, 3.8) is 0 Å². The van der Waals surface area contributed by atoms with Crippen LogP contribution in [-0.2, 0) is 0 Å². The second-order valence-electron chi connectivity index (χ2n) is 3.76. The molecule has 6 nitrogen and oxygen atoms in total. The van der Waals surface area contributed by atoms with E-state index in [2.05, 4.69) is 20.7 Å². The number of rotatable bonds is 4. The summed E-state index contributed by atoms with van der Waals surface area (Å²) in [6, 6.07) is 9.55. The van der Waals surface area contributed by atoms with Gasteiger partial charge in [-0.05, 0) is 19.1 Å². The van der Waals surface area contributed by atoms with Crippen LogP contribution in [0.2, 0.25) is 0 Å². The van der Waals surface area contributed by atoms with Gasteiger partial charge < -0.3 is 0 Å². The van der Waals surface area contributed by atoms with E-state index in [1.807, 2.05) is 30.3 Å². The molecule has 1 aromatic carbocycles. The van der Waals surface area contributed by atoms with E-state index in [4.69, 9.17) is 0 Å². The molecule has 0 unspecified atom stereocenters. The van der Waals surface area contributed by atoms with Crippen LogP contribution >= 0.6 is 0 Å². The Morgan fingerprint density at radius 2 is 1.94 bits per heavy atom. The molecule has 0 aliphatic heterocycles. The van der Waals surface area contributed by atoms with Crippen molar-refractivity contribution >= 4 is 17.3 Å². The van der Waals surface area contributed by atoms with Gasteiger partial charge in [0.15, 0.2) is 0 Å². The van der Waals surface area contributed by atoms with Gasteiger partial charge in [-0.25, -0.2) is 0 Å². The minimum absolute atomic E-state index is 0.115. The Hall–Kier alpha value is -2.50. The maximum Gasteiger partial charge on any atom is 0.238 e. The Bertz CT molecular complexity index is 533. The van der Waals surface area contributed by atoms with Gasteiger partial charge in [0.2, 0.25) is 5.91 Å². The van der Waals surface area contributed by atoms with Crippen molar-refractivity contribution in [1.29, 1.82) is 0 Å². The summed E-state index contributed by atoms with van der Waals surface area (Å²) >= 11 is 0. The number of hydrogen-bond acceptors (Lipinski definition) is 5. The van der Waals surface area contributed by atoms with Crippen LogP contribution in [0.25, 0.3) is 0 Å². The van der Waals surface area contributed by atoms with Gasteiger partial charge in [-0.1, -0.05) is 18.2 Å². The van der Waals surface area contributed by atoms with Crippen molar-refractivity contribution in [3.05, 3.63) is 43.0 Å². The fourth-order valence-corrected chi connectivity index (χ4v) is 1.35. The molecule has 2 rings (SSSR count). The van der Waals surface area contributed by atoms with Crippen LogP contribution in [0.15, 0.2) is 48.1 Å². The number of para-hydroxylation sites is 1. The van der Waals surface area contributed by atoms with Crippen molar-refractivity contribution < 1.29 is 4.79 Å². The lowest BCUT2D eigenvalue weighted by atomic mass is 10.3. The minimum Gasteiger partial charge on any atom is -0.279 e. The molecule has 1 N–H and O–H groups in total. The highest BCUT2D eigenvalue weighted by Gasteiger charge is 2.06. The number of hydrazone groups is 1. The fraction of sp³-hybridized carbons (Fsp3) is 0.167. The van der Waals surface area contributed by atoms with Crippen LogP contribution < -0.4 is 5.43 Å². The summed E-state index contributed by atoms with van der Waals surface area (Å²) in [5.41, 5.74) is 4.47. The van der Waals surface area contributed by atoms with Gasteiger partial charge in [0.05, 0.1) is 12.1 Å². The molecule has 1 aromatic heterocycles. The van der Waals surface area contributed by atoms with Crippen LogP contribution in [0, 0.1) is 0 Å². The predicted octanol–water partition coefficient (Wildman–Crippen LogP) is 1.80. The van der Waals surface area contributed by atoms with Gasteiger partial charge in [0.25, 0.3) is 0 Å². The zero-order chi connectivity index (χ0) is 12.8. The quantitative estimate of drug-likeness (QED) is 0.656. The van der Waals surface area contributed by atoms with Crippen LogP contribution in [0.1, 0.15) is 18.1 Å². The average molecular weight is 243 g/mol. The number of nitrogens with zero attached hydrogens (tertiary/aromatic N) is 4. The molecule has 92 valence electrons. The van der Waals surface area contributed by atoms with E-state index >= 15 is 0 Å². The molecule has 0 aliphatic carbocycles. The molecule has 0 amide bonds. The van der Waals surface area contributed by atoms with E-state index in [1.54, 1.807) is 6.92 Å². The Kier molecular flexibility index (Phi) is 3.80. The van der Waals surface area contributed by atoms with Crippen molar-refractivity contribution in [2.45, 2.75) is 13.3 Å². The van der Waals surface area contributed by atoms with Crippen molar-refractivity contribution in [3.8, 4) is 0 Å². The standard InChI is InChI=1S/C12H13N5O/c1-10(7-12(18)17-8-13-14-9-17)15-16-11-5-3-2-4-6-11/h2-6,8-9,16H,7H2,1H3. The highest BCUT2D eigenvalue weighted by atomic mass is 16.2. The summed E-state index contributed by atoms with van der Waals surface area (Å²) in [4.78, 5) is 11.7. The third-order valence-electron chi connectivity index (χ3n) is 2.26. The molecule has 18 heavy (non-hydrogen) atoms. The first kappa shape index (κ1) is 12.0. The summed E-state index contributed by atoms with van der Waals surface area (Å²) in [7, 11) is 0. The molecule has 1 heterocycles. The zero-order valence-corrected chi connectivity index (χ0v) is 9.95. The van der Waals surface area contributed by atoms with Crippen LogP contribution in [-0.4, -0.2) is 26.4 Å². The molecule has 6 heteroatoms. The summed E-state index contributed by atoms with van der Waals surface area (Å²) < 4.78 is 1.33. The number of carbonyl (C=O) groups is 1. The molecule has 0 aliphatic rings. The first-order valence-electron chi connectivity index (χ1n) is 5.48. The van der Waals surface area contributed by atoms with Crippen molar-refractivity contribution in [2.75, 3.05) is 5.43 Å². The van der Waals surface area contributed by atoms with E-state index in [0.717, 1.165) is 5.69 Å². The molecule has 2 aromatic rings. The van der Waals surface area contributed by atoms with Crippen molar-refractivity contribution in [2.24, 2.45) is 5.10 Å². The number of hydrogen-bond donors (Lipinski definition) is 1. The lowest BCUT2D eigenvalue weighted by Crippen LogP contribution is -2.13. The number of nitrogens with one attached hydrogen (secondary N) is 1. The maximum atomic E-state index is 11.7. The third-order valence-corrected chi connectivity index (χ3v) is 2.26. The minimum atomic E-state index is -0.115. The van der Waals surface area contributed by atoms with Crippen LogP contribution in [0.5, 0.6) is 0 Å². The van der Waals surface area contributed by atoms with Gasteiger partial charge in [-0.3, -0.25) is 14.8 Å². The first-order valence-corrected chi connectivity index (χ1v) is 5.48. The molecule has 0 saturated carbocycles. The Morgan fingerprint density at radius 3 is 2.61 bits per heavy atom. The van der Waals surface area contributed by atoms with Crippen molar-refractivity contribution in [1.82, 2.24) is 14.8 Å². The molecule has 0 saturated heterocycles. The van der Waals surface area contributed by atoms with Gasteiger partial charge in [-0.2, -0.15) is 5.10 Å². The number of anilines is 1.